The number of hydrazine groups is 1. The van der Waals surface area contributed by atoms with Gasteiger partial charge in [-0.15, -0.1) is 0 Å². The summed E-state index contributed by atoms with van der Waals surface area (Å²) in [6.45, 7) is 8.29. The van der Waals surface area contributed by atoms with E-state index in [1.54, 1.807) is 19.3 Å². The Morgan fingerprint density at radius 1 is 1.36 bits per heavy atom. The standard InChI is InChI=1S/C25H32FN7O3/c1-5-7-21(29-16(3)32-33-18-8-9-18)19(10-11-35-4)25(34)31-24-20(26)12-17(13-28-24)22-14-27-15-23(30-22)36-6-2/h5,7,12-15,18-19,32-33H,3,6,8-11H2,1-2,4H3,(H,28,31,34)/b7-5-,29-21+. The maximum atomic E-state index is 14.9. The van der Waals surface area contributed by atoms with E-state index in [1.165, 1.54) is 24.7 Å². The number of carbonyl (C=O) groups is 1. The lowest BCUT2D eigenvalue weighted by Gasteiger charge is -2.18. The average molecular weight is 498 g/mol. The second-order valence-corrected chi connectivity index (χ2v) is 8.08. The zero-order chi connectivity index (χ0) is 25.9. The van der Waals surface area contributed by atoms with E-state index in [9.17, 15) is 9.18 Å². The van der Waals surface area contributed by atoms with Crippen LogP contribution in [0.1, 0.15) is 33.1 Å². The first kappa shape index (κ1) is 26.9. The zero-order valence-electron chi connectivity index (χ0n) is 20.8. The minimum absolute atomic E-state index is 0.202. The van der Waals surface area contributed by atoms with Gasteiger partial charge in [0, 0.05) is 31.5 Å². The second-order valence-electron chi connectivity index (χ2n) is 8.08. The van der Waals surface area contributed by atoms with E-state index in [1.807, 2.05) is 13.8 Å². The molecule has 2 heterocycles. The van der Waals surface area contributed by atoms with Crippen LogP contribution >= 0.6 is 0 Å². The van der Waals surface area contributed by atoms with Crippen molar-refractivity contribution in [1.82, 2.24) is 25.8 Å². The maximum Gasteiger partial charge on any atom is 0.234 e. The number of ether oxygens (including phenoxy) is 2. The van der Waals surface area contributed by atoms with Crippen molar-refractivity contribution in [3.63, 3.8) is 0 Å². The third-order valence-corrected chi connectivity index (χ3v) is 5.17. The van der Waals surface area contributed by atoms with Crippen LogP contribution < -0.4 is 20.9 Å². The number of hydrogen-bond donors (Lipinski definition) is 3. The van der Waals surface area contributed by atoms with Gasteiger partial charge in [-0.3, -0.25) is 9.78 Å². The molecule has 1 fully saturated rings. The van der Waals surface area contributed by atoms with Gasteiger partial charge in [0.2, 0.25) is 11.8 Å². The first-order chi connectivity index (χ1) is 17.4. The summed E-state index contributed by atoms with van der Waals surface area (Å²) in [6.07, 6.45) is 10.4. The molecular weight excluding hydrogens is 465 g/mol. The van der Waals surface area contributed by atoms with Crippen LogP contribution in [-0.4, -0.2) is 52.9 Å². The van der Waals surface area contributed by atoms with Crippen molar-refractivity contribution < 1.29 is 18.7 Å². The number of nitrogens with zero attached hydrogens (tertiary/aromatic N) is 4. The highest BCUT2D eigenvalue weighted by atomic mass is 19.1. The lowest BCUT2D eigenvalue weighted by atomic mass is 9.97. The molecule has 2 aromatic heterocycles. The molecule has 0 radical (unpaired) electrons. The number of nitrogens with one attached hydrogen (secondary N) is 3. The number of aliphatic imine (C=N–C) groups is 1. The maximum absolute atomic E-state index is 14.9. The van der Waals surface area contributed by atoms with Gasteiger partial charge in [-0.1, -0.05) is 12.7 Å². The molecule has 1 atom stereocenters. The number of rotatable bonds is 14. The Labute approximate surface area is 210 Å². The van der Waals surface area contributed by atoms with E-state index >= 15 is 0 Å². The Kier molecular flexibility index (Phi) is 10.0. The van der Waals surface area contributed by atoms with Crippen molar-refractivity contribution in [2.24, 2.45) is 10.9 Å². The Hall–Kier alpha value is -3.70. The number of carbonyl (C=O) groups excluding carboxylic acids is 1. The summed E-state index contributed by atoms with van der Waals surface area (Å²) in [6, 6.07) is 1.64. The Morgan fingerprint density at radius 3 is 2.83 bits per heavy atom. The summed E-state index contributed by atoms with van der Waals surface area (Å²) in [5.74, 6) is -1.41. The van der Waals surface area contributed by atoms with Crippen molar-refractivity contribution in [1.29, 1.82) is 0 Å². The smallest absolute Gasteiger partial charge is 0.234 e. The normalized spacial score (nSPS) is 14.5. The van der Waals surface area contributed by atoms with Crippen LogP contribution in [-0.2, 0) is 9.53 Å². The van der Waals surface area contributed by atoms with Gasteiger partial charge < -0.3 is 20.2 Å². The van der Waals surface area contributed by atoms with E-state index in [-0.39, 0.29) is 5.82 Å². The third kappa shape index (κ3) is 7.92. The zero-order valence-corrected chi connectivity index (χ0v) is 20.8. The van der Waals surface area contributed by atoms with Gasteiger partial charge in [0.25, 0.3) is 0 Å². The van der Waals surface area contributed by atoms with Crippen LogP contribution in [0.4, 0.5) is 10.2 Å². The Bertz CT molecular complexity index is 1120. The fourth-order valence-electron chi connectivity index (χ4n) is 3.23. The minimum Gasteiger partial charge on any atom is -0.477 e. The molecule has 1 aliphatic rings. The van der Waals surface area contributed by atoms with Crippen LogP contribution in [0.2, 0.25) is 0 Å². The third-order valence-electron chi connectivity index (χ3n) is 5.17. The first-order valence-corrected chi connectivity index (χ1v) is 11.8. The molecule has 192 valence electrons. The number of amides is 1. The first-order valence-electron chi connectivity index (χ1n) is 11.8. The molecule has 11 heteroatoms. The van der Waals surface area contributed by atoms with Crippen molar-refractivity contribution in [2.75, 3.05) is 25.6 Å². The average Bonchev–Trinajstić information content (AvgIpc) is 3.69. The van der Waals surface area contributed by atoms with Gasteiger partial charge in [-0.25, -0.2) is 24.8 Å². The summed E-state index contributed by atoms with van der Waals surface area (Å²) >= 11 is 0. The molecule has 3 rings (SSSR count). The number of pyridine rings is 1. The van der Waals surface area contributed by atoms with E-state index < -0.39 is 17.6 Å². The number of halogens is 1. The molecular formula is C25H32FN7O3. The topological polar surface area (TPSA) is 123 Å². The molecule has 3 N–H and O–H groups in total. The highest BCUT2D eigenvalue weighted by Crippen LogP contribution is 2.23. The quantitative estimate of drug-likeness (QED) is 0.268. The van der Waals surface area contributed by atoms with E-state index in [0.717, 1.165) is 12.8 Å². The molecule has 0 aliphatic heterocycles. The number of anilines is 1. The predicted octanol–water partition coefficient (Wildman–Crippen LogP) is 3.41. The molecule has 1 saturated carbocycles. The molecule has 2 aromatic rings. The van der Waals surface area contributed by atoms with Gasteiger partial charge >= 0.3 is 0 Å². The van der Waals surface area contributed by atoms with Crippen molar-refractivity contribution in [2.45, 2.75) is 39.2 Å². The number of hydrogen-bond acceptors (Lipinski definition) is 9. The number of aromatic nitrogens is 3. The van der Waals surface area contributed by atoms with E-state index in [0.29, 0.717) is 54.3 Å². The fourth-order valence-corrected chi connectivity index (χ4v) is 3.23. The molecule has 1 aliphatic carbocycles. The van der Waals surface area contributed by atoms with Crippen LogP contribution in [0.15, 0.2) is 54.2 Å². The molecule has 0 spiro atoms. The Balaban J connectivity index is 1.78. The highest BCUT2D eigenvalue weighted by molar-refractivity contribution is 6.13. The van der Waals surface area contributed by atoms with Gasteiger partial charge in [-0.05, 0) is 45.3 Å². The Morgan fingerprint density at radius 2 is 2.17 bits per heavy atom. The molecule has 1 unspecified atom stereocenters. The summed E-state index contributed by atoms with van der Waals surface area (Å²) in [5.41, 5.74) is 7.32. The summed E-state index contributed by atoms with van der Waals surface area (Å²) in [7, 11) is 1.55. The predicted molar refractivity (Wildman–Crippen MR) is 136 cm³/mol. The van der Waals surface area contributed by atoms with Gasteiger partial charge in [0.15, 0.2) is 11.6 Å². The van der Waals surface area contributed by atoms with Gasteiger partial charge in [0.05, 0.1) is 36.3 Å². The van der Waals surface area contributed by atoms with Crippen molar-refractivity contribution >= 4 is 17.4 Å². The van der Waals surface area contributed by atoms with Crippen molar-refractivity contribution in [3.8, 4) is 17.1 Å². The lowest BCUT2D eigenvalue weighted by molar-refractivity contribution is -0.118. The molecule has 0 saturated heterocycles. The number of allylic oxidation sites excluding steroid dienone is 2. The fraction of sp³-hybridized carbons (Fsp3) is 0.400. The summed E-state index contributed by atoms with van der Waals surface area (Å²) in [4.78, 5) is 30.2. The minimum atomic E-state index is -0.727. The van der Waals surface area contributed by atoms with E-state index in [4.69, 9.17) is 9.47 Å². The summed E-state index contributed by atoms with van der Waals surface area (Å²) in [5, 5.41) is 2.58. The van der Waals surface area contributed by atoms with Crippen LogP contribution in [0, 0.1) is 11.7 Å². The monoisotopic (exact) mass is 497 g/mol. The molecule has 36 heavy (non-hydrogen) atoms. The molecule has 0 bridgehead atoms. The van der Waals surface area contributed by atoms with Crippen LogP contribution in [0.3, 0.4) is 0 Å². The number of methoxy groups -OCH3 is 1. The van der Waals surface area contributed by atoms with Crippen LogP contribution in [0.25, 0.3) is 11.3 Å². The second kappa shape index (κ2) is 13.4. The van der Waals surface area contributed by atoms with Gasteiger partial charge in [-0.2, -0.15) is 0 Å². The lowest BCUT2D eigenvalue weighted by Crippen LogP contribution is -2.34. The summed E-state index contributed by atoms with van der Waals surface area (Å²) < 4.78 is 25.5. The van der Waals surface area contributed by atoms with Gasteiger partial charge in [0.1, 0.15) is 5.82 Å². The molecule has 0 aromatic carbocycles. The highest BCUT2D eigenvalue weighted by Gasteiger charge is 2.25. The SMILES string of the molecule is C=C(/N=C(\C=C/C)C(CCOC)C(=O)Nc1ncc(-c2cncc(OCC)n2)cc1F)NNC1CC1. The van der Waals surface area contributed by atoms with Crippen molar-refractivity contribution in [3.05, 3.63) is 55.0 Å². The largest absolute Gasteiger partial charge is 0.477 e. The molecule has 10 nitrogen and oxygen atoms in total. The molecule has 1 amide bonds. The van der Waals surface area contributed by atoms with Crippen LogP contribution in [0.5, 0.6) is 5.88 Å². The van der Waals surface area contributed by atoms with E-state index in [2.05, 4.69) is 42.7 Å².